The molecular formula is C16H21N4O2S+. The van der Waals surface area contributed by atoms with Crippen molar-refractivity contribution in [2.24, 2.45) is 0 Å². The minimum absolute atomic E-state index is 0.308. The van der Waals surface area contributed by atoms with E-state index in [9.17, 15) is 8.42 Å². The van der Waals surface area contributed by atoms with E-state index < -0.39 is 10.0 Å². The molecule has 3 heterocycles. The maximum atomic E-state index is 12.6. The summed E-state index contributed by atoms with van der Waals surface area (Å²) in [5.41, 5.74) is 0.922. The van der Waals surface area contributed by atoms with Crippen molar-refractivity contribution < 1.29 is 13.4 Å². The van der Waals surface area contributed by atoms with Crippen LogP contribution in [-0.4, -0.2) is 30.8 Å². The fourth-order valence-corrected chi connectivity index (χ4v) is 4.11. The number of aromatic nitrogens is 2. The molecule has 0 radical (unpaired) electrons. The van der Waals surface area contributed by atoms with Gasteiger partial charge in [-0.1, -0.05) is 12.5 Å². The maximum absolute atomic E-state index is 12.6. The maximum Gasteiger partial charge on any atom is 0.272 e. The van der Waals surface area contributed by atoms with Gasteiger partial charge in [-0.25, -0.2) is 13.4 Å². The third-order valence-corrected chi connectivity index (χ3v) is 5.82. The molecule has 1 saturated heterocycles. The molecule has 1 fully saturated rings. The minimum Gasteiger partial charge on any atom is -0.269 e. The highest BCUT2D eigenvalue weighted by molar-refractivity contribution is 7.89. The number of anilines is 1. The lowest BCUT2D eigenvalue weighted by Crippen LogP contribution is -2.36. The third kappa shape index (κ3) is 3.86. The first kappa shape index (κ1) is 15.9. The molecule has 0 unspecified atom stereocenters. The molecule has 0 spiro atoms. The molecule has 6 nitrogen and oxygen atoms in total. The van der Waals surface area contributed by atoms with Crippen LogP contribution in [0.3, 0.4) is 0 Å². The van der Waals surface area contributed by atoms with E-state index in [0.29, 0.717) is 24.5 Å². The Morgan fingerprint density at radius 2 is 1.96 bits per heavy atom. The summed E-state index contributed by atoms with van der Waals surface area (Å²) in [4.78, 5) is 7.55. The van der Waals surface area contributed by atoms with Crippen molar-refractivity contribution in [1.82, 2.24) is 9.29 Å². The monoisotopic (exact) mass is 333 g/mol. The first-order valence-corrected chi connectivity index (χ1v) is 9.26. The standard InChI is InChI=1S/C16H20N4O2S/c21-23(22,20-10-4-1-5-11-20)15-7-8-16(19-13-15)18-12-14-6-2-3-9-17-14/h2-3,6-9,13H,1,4-5,10-12H2,(H,18,19)/p+1. The van der Waals surface area contributed by atoms with Gasteiger partial charge in [-0.15, -0.1) is 0 Å². The number of piperidine rings is 1. The van der Waals surface area contributed by atoms with Crippen LogP contribution in [0.25, 0.3) is 0 Å². The summed E-state index contributed by atoms with van der Waals surface area (Å²) in [6.07, 6.45) is 6.27. The van der Waals surface area contributed by atoms with Crippen LogP contribution < -0.4 is 10.3 Å². The first-order valence-electron chi connectivity index (χ1n) is 7.82. The molecule has 7 heteroatoms. The fourth-order valence-electron chi connectivity index (χ4n) is 2.62. The van der Waals surface area contributed by atoms with Gasteiger partial charge < -0.3 is 0 Å². The van der Waals surface area contributed by atoms with Gasteiger partial charge in [0, 0.05) is 25.4 Å². The van der Waals surface area contributed by atoms with E-state index in [1.54, 1.807) is 28.8 Å². The zero-order valence-corrected chi connectivity index (χ0v) is 13.7. The van der Waals surface area contributed by atoms with Crippen LogP contribution in [0.4, 0.5) is 5.82 Å². The molecule has 0 amide bonds. The van der Waals surface area contributed by atoms with Gasteiger partial charge in [0.1, 0.15) is 17.6 Å². The first-order chi connectivity index (χ1) is 11.2. The van der Waals surface area contributed by atoms with Crippen molar-refractivity contribution in [3.63, 3.8) is 0 Å². The summed E-state index contributed by atoms with van der Waals surface area (Å²) in [5.74, 6) is 0.758. The summed E-state index contributed by atoms with van der Waals surface area (Å²) in [7, 11) is -3.38. The Morgan fingerprint density at radius 1 is 1.13 bits per heavy atom. The van der Waals surface area contributed by atoms with E-state index in [1.165, 1.54) is 0 Å². The average molecular weight is 333 g/mol. The highest BCUT2D eigenvalue weighted by atomic mass is 32.2. The molecule has 122 valence electrons. The molecule has 23 heavy (non-hydrogen) atoms. The van der Waals surface area contributed by atoms with Crippen molar-refractivity contribution >= 4 is 15.8 Å². The van der Waals surface area contributed by atoms with Crippen LogP contribution in [0.5, 0.6) is 0 Å². The highest BCUT2D eigenvalue weighted by Gasteiger charge is 2.26. The smallest absolute Gasteiger partial charge is 0.269 e. The fraction of sp³-hybridized carbons (Fsp3) is 0.375. The van der Waals surface area contributed by atoms with Crippen molar-refractivity contribution in [2.75, 3.05) is 18.4 Å². The number of hydrogen-bond acceptors (Lipinski definition) is 4. The molecule has 0 aromatic carbocycles. The van der Waals surface area contributed by atoms with Crippen LogP contribution in [0.2, 0.25) is 0 Å². The van der Waals surface area contributed by atoms with Crippen LogP contribution in [-0.2, 0) is 16.6 Å². The van der Waals surface area contributed by atoms with Gasteiger partial charge in [-0.3, -0.25) is 10.3 Å². The number of nitrogens with zero attached hydrogens (tertiary/aromatic N) is 2. The molecule has 2 aromatic rings. The topological polar surface area (TPSA) is 76.4 Å². The molecular weight excluding hydrogens is 312 g/mol. The Labute approximate surface area is 136 Å². The van der Waals surface area contributed by atoms with Gasteiger partial charge in [0.2, 0.25) is 10.0 Å². The zero-order chi connectivity index (χ0) is 16.1. The van der Waals surface area contributed by atoms with Gasteiger partial charge in [0.25, 0.3) is 5.82 Å². The number of aromatic amines is 1. The minimum atomic E-state index is -3.38. The highest BCUT2D eigenvalue weighted by Crippen LogP contribution is 2.19. The Bertz CT molecular complexity index is 726. The zero-order valence-electron chi connectivity index (χ0n) is 12.9. The summed E-state index contributed by atoms with van der Waals surface area (Å²) in [5, 5.41) is 3.19. The quantitative estimate of drug-likeness (QED) is 0.903. The van der Waals surface area contributed by atoms with E-state index in [0.717, 1.165) is 30.8 Å². The predicted molar refractivity (Wildman–Crippen MR) is 87.2 cm³/mol. The second kappa shape index (κ2) is 7.06. The van der Waals surface area contributed by atoms with Gasteiger partial charge in [0.15, 0.2) is 0 Å². The van der Waals surface area contributed by atoms with Crippen LogP contribution in [0.1, 0.15) is 25.0 Å². The summed E-state index contributed by atoms with van der Waals surface area (Å²) < 4.78 is 26.7. The number of H-pyrrole nitrogens is 1. The van der Waals surface area contributed by atoms with Crippen molar-refractivity contribution in [1.29, 1.82) is 0 Å². The lowest BCUT2D eigenvalue weighted by Gasteiger charge is -2.25. The van der Waals surface area contributed by atoms with Crippen molar-refractivity contribution in [3.05, 3.63) is 48.4 Å². The molecule has 0 atom stereocenters. The number of rotatable bonds is 5. The summed E-state index contributed by atoms with van der Waals surface area (Å²) >= 11 is 0. The molecule has 1 aliphatic rings. The second-order valence-electron chi connectivity index (χ2n) is 5.58. The third-order valence-electron chi connectivity index (χ3n) is 3.92. The SMILES string of the molecule is O=S(=O)(c1ccc(NCc2ccccn2)[nH+]c1)N1CCCCC1. The molecule has 2 aromatic heterocycles. The van der Waals surface area contributed by atoms with Gasteiger partial charge >= 0.3 is 0 Å². The second-order valence-corrected chi connectivity index (χ2v) is 7.52. The van der Waals surface area contributed by atoms with Gasteiger partial charge in [-0.2, -0.15) is 4.31 Å². The van der Waals surface area contributed by atoms with Crippen LogP contribution >= 0.6 is 0 Å². The van der Waals surface area contributed by atoms with Crippen LogP contribution in [0.15, 0.2) is 47.6 Å². The van der Waals surface area contributed by atoms with Crippen molar-refractivity contribution in [2.45, 2.75) is 30.7 Å². The average Bonchev–Trinajstić information content (AvgIpc) is 2.62. The number of sulfonamides is 1. The number of pyridine rings is 2. The Hall–Kier alpha value is -1.99. The predicted octanol–water partition coefficient (Wildman–Crippen LogP) is 1.68. The van der Waals surface area contributed by atoms with E-state index in [2.05, 4.69) is 15.3 Å². The van der Waals surface area contributed by atoms with Gasteiger partial charge in [0.05, 0.1) is 5.69 Å². The molecule has 1 aliphatic heterocycles. The molecule has 0 bridgehead atoms. The molecule has 2 N–H and O–H groups in total. The van der Waals surface area contributed by atoms with E-state index in [4.69, 9.17) is 0 Å². The summed E-state index contributed by atoms with van der Waals surface area (Å²) in [6, 6.07) is 9.13. The van der Waals surface area contributed by atoms with Crippen molar-refractivity contribution in [3.8, 4) is 0 Å². The number of hydrogen-bond donors (Lipinski definition) is 1. The molecule has 0 aliphatic carbocycles. The summed E-state index contributed by atoms with van der Waals surface area (Å²) in [6.45, 7) is 1.81. The molecule has 3 rings (SSSR count). The Balaban J connectivity index is 1.66. The lowest BCUT2D eigenvalue weighted by atomic mass is 10.2. The Morgan fingerprint density at radius 3 is 2.61 bits per heavy atom. The van der Waals surface area contributed by atoms with E-state index >= 15 is 0 Å². The largest absolute Gasteiger partial charge is 0.272 e. The van der Waals surface area contributed by atoms with Crippen LogP contribution in [0, 0.1) is 0 Å². The number of nitrogens with one attached hydrogen (secondary N) is 2. The normalized spacial score (nSPS) is 16.2. The molecule has 0 saturated carbocycles. The van der Waals surface area contributed by atoms with E-state index in [1.807, 2.05) is 18.2 Å². The lowest BCUT2D eigenvalue weighted by molar-refractivity contribution is -0.364. The van der Waals surface area contributed by atoms with E-state index in [-0.39, 0.29) is 0 Å². The Kier molecular flexibility index (Phi) is 4.88. The van der Waals surface area contributed by atoms with Gasteiger partial charge in [-0.05, 0) is 31.0 Å².